The van der Waals surface area contributed by atoms with Crippen LogP contribution >= 0.6 is 0 Å². The van der Waals surface area contributed by atoms with Crippen LogP contribution in [0.1, 0.15) is 55.2 Å². The molecular formula is C47H61F3N6O11S. The van der Waals surface area contributed by atoms with Crippen molar-refractivity contribution in [1.82, 2.24) is 14.2 Å². The fraction of sp³-hybridized carbons (Fsp3) is 0.489. The number of rotatable bonds is 28. The quantitative estimate of drug-likeness (QED) is 0.0353. The number of aromatic nitrogens is 1. The SMILES string of the molecule is CCOc1ccc(C(=O)N2CCN(c3ccc(-c4ccccc4OCC)nc3CN(CCCOCCOCCOCCOCCN)S(=O)(=O)c3ccccc3[N+](=O)[O-])C(CC)C2)c(C(F)(F)F)c1. The van der Waals surface area contributed by atoms with Crippen LogP contribution in [-0.4, -0.2) is 138 Å². The van der Waals surface area contributed by atoms with E-state index in [4.69, 9.17) is 39.1 Å². The molecule has 21 heteroatoms. The number of carbonyl (C=O) groups is 1. The van der Waals surface area contributed by atoms with Gasteiger partial charge in [-0.2, -0.15) is 17.5 Å². The fourth-order valence-corrected chi connectivity index (χ4v) is 9.26. The Morgan fingerprint density at radius 2 is 1.50 bits per heavy atom. The number of amides is 1. The number of ether oxygens (including phenoxy) is 6. The largest absolute Gasteiger partial charge is 0.494 e. The molecule has 17 nitrogen and oxygen atoms in total. The van der Waals surface area contributed by atoms with Crippen molar-refractivity contribution in [1.29, 1.82) is 0 Å². The van der Waals surface area contributed by atoms with Gasteiger partial charge in [-0.1, -0.05) is 31.2 Å². The third-order valence-electron chi connectivity index (χ3n) is 10.9. The number of carbonyl (C=O) groups excluding carboxylic acids is 1. The molecule has 0 saturated carbocycles. The van der Waals surface area contributed by atoms with E-state index in [2.05, 4.69) is 0 Å². The maximum atomic E-state index is 14.7. The summed E-state index contributed by atoms with van der Waals surface area (Å²) in [7, 11) is -4.58. The van der Waals surface area contributed by atoms with Crippen LogP contribution in [-0.2, 0) is 41.7 Å². The zero-order valence-corrected chi connectivity index (χ0v) is 39.5. The number of para-hydroxylation sites is 2. The average Bonchev–Trinajstić information content (AvgIpc) is 3.33. The Morgan fingerprint density at radius 3 is 2.15 bits per heavy atom. The summed E-state index contributed by atoms with van der Waals surface area (Å²) in [5.41, 5.74) is 5.11. The predicted octanol–water partition coefficient (Wildman–Crippen LogP) is 6.82. The van der Waals surface area contributed by atoms with E-state index in [1.165, 1.54) is 29.2 Å². The number of nitrogens with two attached hydrogens (primary N) is 1. The van der Waals surface area contributed by atoms with Crippen molar-refractivity contribution in [3.8, 4) is 22.8 Å². The Kier molecular flexibility index (Phi) is 20.8. The molecule has 1 aliphatic heterocycles. The third kappa shape index (κ3) is 14.5. The summed E-state index contributed by atoms with van der Waals surface area (Å²) in [5.74, 6) is -0.253. The summed E-state index contributed by atoms with van der Waals surface area (Å²) in [4.78, 5) is 33.3. The molecule has 2 heterocycles. The lowest BCUT2D eigenvalue weighted by Crippen LogP contribution is -2.55. The van der Waals surface area contributed by atoms with E-state index >= 15 is 0 Å². The van der Waals surface area contributed by atoms with E-state index in [9.17, 15) is 36.5 Å². The molecule has 0 radical (unpaired) electrons. The Bertz CT molecular complexity index is 2360. The maximum Gasteiger partial charge on any atom is 0.417 e. The molecule has 4 aromatic rings. The molecule has 1 fully saturated rings. The second kappa shape index (κ2) is 26.4. The maximum absolute atomic E-state index is 14.7. The number of piperazine rings is 1. The molecule has 1 amide bonds. The first-order chi connectivity index (χ1) is 32.7. The predicted molar refractivity (Wildman–Crippen MR) is 248 cm³/mol. The van der Waals surface area contributed by atoms with Gasteiger partial charge in [-0.25, -0.2) is 13.4 Å². The number of nitro groups is 1. The highest BCUT2D eigenvalue weighted by Gasteiger charge is 2.39. The Morgan fingerprint density at radius 1 is 0.853 bits per heavy atom. The summed E-state index contributed by atoms with van der Waals surface area (Å²) in [6.45, 7) is 8.67. The van der Waals surface area contributed by atoms with Crippen LogP contribution in [0.4, 0.5) is 24.5 Å². The molecule has 68 heavy (non-hydrogen) atoms. The van der Waals surface area contributed by atoms with Gasteiger partial charge in [-0.05, 0) is 75.2 Å². The van der Waals surface area contributed by atoms with Crippen LogP contribution in [0.25, 0.3) is 11.3 Å². The van der Waals surface area contributed by atoms with Crippen molar-refractivity contribution >= 4 is 27.3 Å². The lowest BCUT2D eigenvalue weighted by Gasteiger charge is -2.43. The summed E-state index contributed by atoms with van der Waals surface area (Å²) < 4.78 is 107. The molecule has 1 unspecified atom stereocenters. The molecule has 3 aromatic carbocycles. The summed E-state index contributed by atoms with van der Waals surface area (Å²) in [5, 5.41) is 12.2. The smallest absolute Gasteiger partial charge is 0.417 e. The molecule has 1 aromatic heterocycles. The second-order valence-electron chi connectivity index (χ2n) is 15.4. The Balaban J connectivity index is 1.44. The van der Waals surface area contributed by atoms with Gasteiger partial charge in [0.1, 0.15) is 11.5 Å². The molecule has 5 rings (SSSR count). The van der Waals surface area contributed by atoms with Crippen LogP contribution in [0, 0.1) is 10.1 Å². The number of benzene rings is 3. The van der Waals surface area contributed by atoms with Crippen LogP contribution in [0.3, 0.4) is 0 Å². The van der Waals surface area contributed by atoms with Crippen LogP contribution < -0.4 is 20.1 Å². The number of anilines is 1. The van der Waals surface area contributed by atoms with E-state index in [0.717, 1.165) is 22.5 Å². The van der Waals surface area contributed by atoms with Crippen molar-refractivity contribution in [3.05, 3.63) is 106 Å². The summed E-state index contributed by atoms with van der Waals surface area (Å²) >= 11 is 0. The zero-order valence-electron chi connectivity index (χ0n) is 38.7. The first kappa shape index (κ1) is 53.5. The van der Waals surface area contributed by atoms with Gasteiger partial charge in [-0.15, -0.1) is 0 Å². The van der Waals surface area contributed by atoms with Gasteiger partial charge in [0.05, 0.1) is 99.1 Å². The highest BCUT2D eigenvalue weighted by atomic mass is 32.2. The standard InChI is InChI=1S/C47H61F3N6O11S/c1-4-35-33-53(46(57)37-17-16-36(66-5-2)32-39(37)47(48,49)50)22-23-55(35)42-19-18-40(38-12-7-9-14-44(38)67-6-3)52-41(42)34-54(68(60,61)45-15-10-8-13-43(45)56(58)59)21-11-24-62-26-28-64-30-31-65-29-27-63-25-20-51/h7-10,12-19,32,35H,4-6,11,20-31,33-34,51H2,1-3H3. The van der Waals surface area contributed by atoms with Gasteiger partial charge >= 0.3 is 6.18 Å². The number of hydrogen-bond acceptors (Lipinski definition) is 14. The lowest BCUT2D eigenvalue weighted by molar-refractivity contribution is -0.387. The van der Waals surface area contributed by atoms with Gasteiger partial charge in [0.2, 0.25) is 10.0 Å². The molecular weight excluding hydrogens is 914 g/mol. The Labute approximate surface area is 395 Å². The van der Waals surface area contributed by atoms with Crippen LogP contribution in [0.5, 0.6) is 11.5 Å². The van der Waals surface area contributed by atoms with Crippen molar-refractivity contribution < 1.29 is 59.7 Å². The average molecular weight is 975 g/mol. The molecule has 2 N–H and O–H groups in total. The van der Waals surface area contributed by atoms with E-state index < -0.39 is 54.8 Å². The van der Waals surface area contributed by atoms with Gasteiger partial charge in [-0.3, -0.25) is 14.9 Å². The van der Waals surface area contributed by atoms with Crippen molar-refractivity contribution in [2.75, 3.05) is 104 Å². The lowest BCUT2D eigenvalue weighted by atomic mass is 10.0. The highest BCUT2D eigenvalue weighted by Crippen LogP contribution is 2.38. The van der Waals surface area contributed by atoms with E-state index in [0.29, 0.717) is 81.0 Å². The minimum Gasteiger partial charge on any atom is -0.494 e. The number of nitro benzene ring substituents is 1. The molecule has 372 valence electrons. The topological polar surface area (TPSA) is 198 Å². The third-order valence-corrected chi connectivity index (χ3v) is 12.8. The van der Waals surface area contributed by atoms with Gasteiger partial charge < -0.3 is 44.0 Å². The summed E-state index contributed by atoms with van der Waals surface area (Å²) in [6.07, 6.45) is -4.18. The minimum absolute atomic E-state index is 0.00506. The van der Waals surface area contributed by atoms with Gasteiger partial charge in [0.25, 0.3) is 11.6 Å². The van der Waals surface area contributed by atoms with E-state index in [1.807, 2.05) is 36.9 Å². The molecule has 0 spiro atoms. The highest BCUT2D eigenvalue weighted by molar-refractivity contribution is 7.89. The number of hydrogen-bond donors (Lipinski definition) is 1. The number of alkyl halides is 3. The molecule has 0 bridgehead atoms. The minimum atomic E-state index is -4.82. The van der Waals surface area contributed by atoms with E-state index in [1.54, 1.807) is 25.1 Å². The van der Waals surface area contributed by atoms with Gasteiger partial charge in [0.15, 0.2) is 4.90 Å². The number of halogens is 3. The van der Waals surface area contributed by atoms with Crippen molar-refractivity contribution in [3.63, 3.8) is 0 Å². The van der Waals surface area contributed by atoms with Crippen molar-refractivity contribution in [2.45, 2.75) is 57.3 Å². The molecule has 1 saturated heterocycles. The first-order valence-corrected chi connectivity index (χ1v) is 24.1. The monoisotopic (exact) mass is 974 g/mol. The Hall–Kier alpha value is -5.42. The van der Waals surface area contributed by atoms with Gasteiger partial charge in [0, 0.05) is 57.0 Å². The van der Waals surface area contributed by atoms with Crippen LogP contribution in [0.2, 0.25) is 0 Å². The first-order valence-electron chi connectivity index (χ1n) is 22.6. The van der Waals surface area contributed by atoms with E-state index in [-0.39, 0.29) is 71.3 Å². The normalized spacial score (nSPS) is 14.4. The van der Waals surface area contributed by atoms with Crippen molar-refractivity contribution in [2.24, 2.45) is 5.73 Å². The second-order valence-corrected chi connectivity index (χ2v) is 17.3. The number of pyridine rings is 1. The number of nitrogens with zero attached hydrogens (tertiary/aromatic N) is 5. The fourth-order valence-electron chi connectivity index (χ4n) is 7.66. The molecule has 0 aliphatic carbocycles. The van der Waals surface area contributed by atoms with Crippen LogP contribution in [0.15, 0.2) is 83.8 Å². The number of sulfonamides is 1. The zero-order chi connectivity index (χ0) is 49.1. The molecule has 1 aliphatic rings. The summed E-state index contributed by atoms with van der Waals surface area (Å²) in [6, 6.07) is 18.8. The molecule has 1 atom stereocenters.